The number of aliphatic hydroxyl groups is 1. The highest BCUT2D eigenvalue weighted by molar-refractivity contribution is 5.30. The molecule has 4 nitrogen and oxygen atoms in total. The lowest BCUT2D eigenvalue weighted by Crippen LogP contribution is -2.42. The van der Waals surface area contributed by atoms with Crippen molar-refractivity contribution in [3.05, 3.63) is 48.3 Å². The number of hydrogen-bond acceptors (Lipinski definition) is 3. The Balaban J connectivity index is 1.67. The lowest BCUT2D eigenvalue weighted by atomic mass is 9.91. The minimum Gasteiger partial charge on any atom is -0.391 e. The van der Waals surface area contributed by atoms with Gasteiger partial charge < -0.3 is 5.11 Å². The van der Waals surface area contributed by atoms with Crippen LogP contribution in [0.4, 0.5) is 0 Å². The molecule has 0 aliphatic heterocycles. The smallest absolute Gasteiger partial charge is 0.0695 e. The van der Waals surface area contributed by atoms with E-state index in [2.05, 4.69) is 23.2 Å². The predicted octanol–water partition coefficient (Wildman–Crippen LogP) is 2.61. The first kappa shape index (κ1) is 14.3. The van der Waals surface area contributed by atoms with Crippen LogP contribution in [0.25, 0.3) is 5.69 Å². The van der Waals surface area contributed by atoms with E-state index in [0.717, 1.165) is 31.5 Å². The Labute approximate surface area is 126 Å². The molecule has 3 rings (SSSR count). The SMILES string of the molecule is CN(Cc1cnn(-c2ccccc2)c1)C1CCCCC1O. The second-order valence-corrected chi connectivity index (χ2v) is 5.96. The quantitative estimate of drug-likeness (QED) is 0.939. The fourth-order valence-electron chi connectivity index (χ4n) is 3.17. The van der Waals surface area contributed by atoms with Crippen molar-refractivity contribution < 1.29 is 5.11 Å². The molecule has 21 heavy (non-hydrogen) atoms. The van der Waals surface area contributed by atoms with Crippen molar-refractivity contribution in [1.82, 2.24) is 14.7 Å². The third-order valence-corrected chi connectivity index (χ3v) is 4.35. The Morgan fingerprint density at radius 1 is 1.24 bits per heavy atom. The summed E-state index contributed by atoms with van der Waals surface area (Å²) in [7, 11) is 2.10. The van der Waals surface area contributed by atoms with Crippen LogP contribution < -0.4 is 0 Å². The zero-order valence-electron chi connectivity index (χ0n) is 12.5. The predicted molar refractivity (Wildman–Crippen MR) is 83.3 cm³/mol. The molecule has 0 radical (unpaired) electrons. The normalized spacial score (nSPS) is 22.6. The van der Waals surface area contributed by atoms with E-state index in [1.165, 1.54) is 12.0 Å². The molecule has 1 aliphatic rings. The van der Waals surface area contributed by atoms with Crippen LogP contribution in [0.15, 0.2) is 42.7 Å². The summed E-state index contributed by atoms with van der Waals surface area (Å²) in [5.74, 6) is 0. The van der Waals surface area contributed by atoms with Crippen LogP contribution in [-0.4, -0.2) is 39.0 Å². The van der Waals surface area contributed by atoms with Gasteiger partial charge in [0.1, 0.15) is 0 Å². The summed E-state index contributed by atoms with van der Waals surface area (Å²) < 4.78 is 1.90. The fraction of sp³-hybridized carbons (Fsp3) is 0.471. The number of rotatable bonds is 4. The van der Waals surface area contributed by atoms with Gasteiger partial charge in [0, 0.05) is 24.3 Å². The Morgan fingerprint density at radius 3 is 2.76 bits per heavy atom. The van der Waals surface area contributed by atoms with E-state index >= 15 is 0 Å². The Morgan fingerprint density at radius 2 is 2.00 bits per heavy atom. The Bertz CT molecular complexity index is 566. The lowest BCUT2D eigenvalue weighted by Gasteiger charge is -2.34. The summed E-state index contributed by atoms with van der Waals surface area (Å²) in [6, 6.07) is 10.4. The minimum atomic E-state index is -0.187. The molecule has 1 saturated carbocycles. The van der Waals surface area contributed by atoms with E-state index in [4.69, 9.17) is 0 Å². The van der Waals surface area contributed by atoms with Gasteiger partial charge in [-0.1, -0.05) is 31.0 Å². The number of aromatic nitrogens is 2. The second kappa shape index (κ2) is 6.41. The first-order chi connectivity index (χ1) is 10.2. The third-order valence-electron chi connectivity index (χ3n) is 4.35. The van der Waals surface area contributed by atoms with Gasteiger partial charge in [0.25, 0.3) is 0 Å². The van der Waals surface area contributed by atoms with Gasteiger partial charge in [-0.05, 0) is 32.0 Å². The number of likely N-dealkylation sites (N-methyl/N-ethyl adjacent to an activating group) is 1. The summed E-state index contributed by atoms with van der Waals surface area (Å²) in [5, 5.41) is 14.6. The van der Waals surface area contributed by atoms with Gasteiger partial charge >= 0.3 is 0 Å². The first-order valence-electron chi connectivity index (χ1n) is 7.71. The number of para-hydroxylation sites is 1. The highest BCUT2D eigenvalue weighted by atomic mass is 16.3. The summed E-state index contributed by atoms with van der Waals surface area (Å²) in [4.78, 5) is 2.26. The van der Waals surface area contributed by atoms with Crippen molar-refractivity contribution in [3.8, 4) is 5.69 Å². The maximum Gasteiger partial charge on any atom is 0.0695 e. The van der Waals surface area contributed by atoms with Crippen molar-refractivity contribution in [2.75, 3.05) is 7.05 Å². The van der Waals surface area contributed by atoms with Crippen LogP contribution in [0.1, 0.15) is 31.2 Å². The zero-order chi connectivity index (χ0) is 14.7. The van der Waals surface area contributed by atoms with Crippen molar-refractivity contribution in [2.24, 2.45) is 0 Å². The molecule has 1 heterocycles. The molecule has 1 aromatic heterocycles. The van der Waals surface area contributed by atoms with Gasteiger partial charge in [-0.25, -0.2) is 4.68 Å². The van der Waals surface area contributed by atoms with Gasteiger partial charge in [-0.15, -0.1) is 0 Å². The maximum absolute atomic E-state index is 10.1. The molecule has 2 atom stereocenters. The van der Waals surface area contributed by atoms with Crippen molar-refractivity contribution in [3.63, 3.8) is 0 Å². The molecule has 0 saturated heterocycles. The molecule has 1 fully saturated rings. The first-order valence-corrected chi connectivity index (χ1v) is 7.71. The van der Waals surface area contributed by atoms with E-state index in [1.54, 1.807) is 0 Å². The average Bonchev–Trinajstić information content (AvgIpc) is 2.97. The molecular weight excluding hydrogens is 262 g/mol. The van der Waals surface area contributed by atoms with Crippen molar-refractivity contribution >= 4 is 0 Å². The molecule has 0 spiro atoms. The molecular formula is C17H23N3O. The monoisotopic (exact) mass is 285 g/mol. The summed E-state index contributed by atoms with van der Waals surface area (Å²) >= 11 is 0. The molecule has 4 heteroatoms. The molecule has 0 bridgehead atoms. The van der Waals surface area contributed by atoms with Crippen LogP contribution in [-0.2, 0) is 6.54 Å². The number of aliphatic hydroxyl groups excluding tert-OH is 1. The molecule has 2 aromatic rings. The van der Waals surface area contributed by atoms with E-state index in [1.807, 2.05) is 41.2 Å². The van der Waals surface area contributed by atoms with Gasteiger partial charge in [0.15, 0.2) is 0 Å². The number of hydrogen-bond donors (Lipinski definition) is 1. The topological polar surface area (TPSA) is 41.3 Å². The maximum atomic E-state index is 10.1. The van der Waals surface area contributed by atoms with Gasteiger partial charge in [-0.3, -0.25) is 4.90 Å². The van der Waals surface area contributed by atoms with E-state index in [0.29, 0.717) is 0 Å². The van der Waals surface area contributed by atoms with Crippen LogP contribution in [0.3, 0.4) is 0 Å². The number of benzene rings is 1. The summed E-state index contributed by atoms with van der Waals surface area (Å²) in [6.45, 7) is 0.828. The number of nitrogens with zero attached hydrogens (tertiary/aromatic N) is 3. The van der Waals surface area contributed by atoms with Crippen LogP contribution in [0, 0.1) is 0 Å². The summed E-state index contributed by atoms with van der Waals surface area (Å²) in [5.41, 5.74) is 2.25. The van der Waals surface area contributed by atoms with Crippen LogP contribution in [0.5, 0.6) is 0 Å². The average molecular weight is 285 g/mol. The van der Waals surface area contributed by atoms with E-state index < -0.39 is 0 Å². The van der Waals surface area contributed by atoms with E-state index in [-0.39, 0.29) is 12.1 Å². The molecule has 112 valence electrons. The second-order valence-electron chi connectivity index (χ2n) is 5.96. The third kappa shape index (κ3) is 3.34. The highest BCUT2D eigenvalue weighted by Crippen LogP contribution is 2.23. The van der Waals surface area contributed by atoms with Crippen LogP contribution >= 0.6 is 0 Å². The van der Waals surface area contributed by atoms with Crippen molar-refractivity contribution in [2.45, 2.75) is 44.4 Å². The Hall–Kier alpha value is -1.65. The molecule has 1 N–H and O–H groups in total. The molecule has 2 unspecified atom stereocenters. The van der Waals surface area contributed by atoms with Crippen molar-refractivity contribution in [1.29, 1.82) is 0 Å². The largest absolute Gasteiger partial charge is 0.391 e. The fourth-order valence-corrected chi connectivity index (χ4v) is 3.17. The molecule has 0 amide bonds. The minimum absolute atomic E-state index is 0.187. The Kier molecular flexibility index (Phi) is 4.36. The summed E-state index contributed by atoms with van der Waals surface area (Å²) in [6.07, 6.45) is 8.18. The lowest BCUT2D eigenvalue weighted by molar-refractivity contribution is 0.0288. The van der Waals surface area contributed by atoms with E-state index in [9.17, 15) is 5.11 Å². The van der Waals surface area contributed by atoms with Gasteiger partial charge in [0.05, 0.1) is 18.0 Å². The zero-order valence-corrected chi connectivity index (χ0v) is 12.5. The highest BCUT2D eigenvalue weighted by Gasteiger charge is 2.26. The van der Waals surface area contributed by atoms with Crippen LogP contribution in [0.2, 0.25) is 0 Å². The standard InChI is InChI=1S/C17H23N3O/c1-19(16-9-5-6-10-17(16)21)12-14-11-18-20(13-14)15-7-3-2-4-8-15/h2-4,7-8,11,13,16-17,21H,5-6,9-10,12H2,1H3. The molecule has 1 aliphatic carbocycles. The van der Waals surface area contributed by atoms with Gasteiger partial charge in [-0.2, -0.15) is 5.10 Å². The molecule has 1 aromatic carbocycles. The van der Waals surface area contributed by atoms with Gasteiger partial charge in [0.2, 0.25) is 0 Å².